The first-order valence-corrected chi connectivity index (χ1v) is 6.46. The molecule has 1 amide bonds. The number of rotatable bonds is 4. The number of hydrogen-bond acceptors (Lipinski definition) is 3. The Morgan fingerprint density at radius 2 is 2.16 bits per heavy atom. The molecule has 4 nitrogen and oxygen atoms in total. The number of carbonyl (C=O) groups excluding carboxylic acids is 1. The van der Waals surface area contributed by atoms with E-state index in [0.29, 0.717) is 12.1 Å². The zero-order valence-electron chi connectivity index (χ0n) is 11.0. The second-order valence-corrected chi connectivity index (χ2v) is 5.00. The average Bonchev–Trinajstić information content (AvgIpc) is 2.88. The van der Waals surface area contributed by atoms with Crippen LogP contribution in [0.1, 0.15) is 36.0 Å². The van der Waals surface area contributed by atoms with Crippen LogP contribution < -0.4 is 15.8 Å². The minimum Gasteiger partial charge on any atom is -0.494 e. The van der Waals surface area contributed by atoms with Crippen LogP contribution in [-0.2, 0) is 0 Å². The summed E-state index contributed by atoms with van der Waals surface area (Å²) in [6.07, 6.45) is 3.94. The Morgan fingerprint density at radius 1 is 1.47 bits per heavy atom. The molecule has 1 aromatic carbocycles. The molecular formula is C14H19FN2O2. The summed E-state index contributed by atoms with van der Waals surface area (Å²) in [4.78, 5) is 12.2. The van der Waals surface area contributed by atoms with Crippen molar-refractivity contribution in [2.75, 3.05) is 13.7 Å². The van der Waals surface area contributed by atoms with Gasteiger partial charge in [0, 0.05) is 12.1 Å². The summed E-state index contributed by atoms with van der Waals surface area (Å²) in [7, 11) is 1.37. The Balaban J connectivity index is 2.15. The normalized spacial score (nSPS) is 17.2. The Kier molecular flexibility index (Phi) is 4.04. The van der Waals surface area contributed by atoms with Gasteiger partial charge in [-0.15, -0.1) is 0 Å². The quantitative estimate of drug-likeness (QED) is 0.874. The first kappa shape index (κ1) is 13.8. The van der Waals surface area contributed by atoms with E-state index in [1.165, 1.54) is 25.3 Å². The fourth-order valence-electron chi connectivity index (χ4n) is 2.55. The third-order valence-electron chi connectivity index (χ3n) is 3.74. The molecule has 0 unspecified atom stereocenters. The van der Waals surface area contributed by atoms with Gasteiger partial charge >= 0.3 is 0 Å². The van der Waals surface area contributed by atoms with E-state index < -0.39 is 5.82 Å². The van der Waals surface area contributed by atoms with Gasteiger partial charge in [-0.1, -0.05) is 12.8 Å². The first-order valence-electron chi connectivity index (χ1n) is 6.46. The van der Waals surface area contributed by atoms with Crippen LogP contribution in [0.4, 0.5) is 4.39 Å². The number of benzene rings is 1. The van der Waals surface area contributed by atoms with Crippen LogP contribution in [0.3, 0.4) is 0 Å². The molecule has 0 saturated heterocycles. The molecule has 0 spiro atoms. The topological polar surface area (TPSA) is 64.3 Å². The molecule has 0 heterocycles. The summed E-state index contributed by atoms with van der Waals surface area (Å²) >= 11 is 0. The van der Waals surface area contributed by atoms with Crippen molar-refractivity contribution in [3.05, 3.63) is 29.6 Å². The van der Waals surface area contributed by atoms with Crippen LogP contribution in [0.25, 0.3) is 0 Å². The van der Waals surface area contributed by atoms with Gasteiger partial charge in [0.1, 0.15) is 0 Å². The van der Waals surface area contributed by atoms with E-state index >= 15 is 0 Å². The number of hydrogen-bond donors (Lipinski definition) is 2. The van der Waals surface area contributed by atoms with E-state index in [1.807, 2.05) is 0 Å². The van der Waals surface area contributed by atoms with E-state index in [1.54, 1.807) is 0 Å². The van der Waals surface area contributed by atoms with Gasteiger partial charge in [-0.05, 0) is 31.0 Å². The molecule has 3 N–H and O–H groups in total. The lowest BCUT2D eigenvalue weighted by atomic mass is 9.97. The lowest BCUT2D eigenvalue weighted by molar-refractivity contribution is 0.0902. The number of halogens is 1. The van der Waals surface area contributed by atoms with Crippen LogP contribution in [0, 0.1) is 5.82 Å². The van der Waals surface area contributed by atoms with Crippen LogP contribution in [-0.4, -0.2) is 25.1 Å². The highest BCUT2D eigenvalue weighted by atomic mass is 19.1. The lowest BCUT2D eigenvalue weighted by Crippen LogP contribution is -2.51. The second-order valence-electron chi connectivity index (χ2n) is 5.00. The number of nitrogens with one attached hydrogen (secondary N) is 1. The Hall–Kier alpha value is -1.62. The molecule has 1 fully saturated rings. The number of methoxy groups -OCH3 is 1. The van der Waals surface area contributed by atoms with Crippen molar-refractivity contribution in [1.82, 2.24) is 5.32 Å². The second kappa shape index (κ2) is 5.57. The molecule has 1 aliphatic rings. The monoisotopic (exact) mass is 266 g/mol. The Morgan fingerprint density at radius 3 is 2.74 bits per heavy atom. The Labute approximate surface area is 112 Å². The zero-order chi connectivity index (χ0) is 13.9. The van der Waals surface area contributed by atoms with E-state index in [-0.39, 0.29) is 17.2 Å². The fourth-order valence-corrected chi connectivity index (χ4v) is 2.55. The van der Waals surface area contributed by atoms with Gasteiger partial charge in [-0.2, -0.15) is 0 Å². The SMILES string of the molecule is COc1cc(C(=O)NC2(CN)CCCC2)ccc1F. The number of ether oxygens (including phenoxy) is 1. The molecule has 0 bridgehead atoms. The predicted octanol–water partition coefficient (Wildman–Crippen LogP) is 1.84. The highest BCUT2D eigenvalue weighted by Gasteiger charge is 2.34. The van der Waals surface area contributed by atoms with Crippen LogP contribution in [0.2, 0.25) is 0 Å². The van der Waals surface area contributed by atoms with Crippen molar-refractivity contribution in [1.29, 1.82) is 0 Å². The maximum absolute atomic E-state index is 13.3. The van der Waals surface area contributed by atoms with Crippen LogP contribution in [0.5, 0.6) is 5.75 Å². The van der Waals surface area contributed by atoms with E-state index in [4.69, 9.17) is 10.5 Å². The largest absolute Gasteiger partial charge is 0.494 e. The summed E-state index contributed by atoms with van der Waals surface area (Å²) in [6, 6.07) is 4.09. The smallest absolute Gasteiger partial charge is 0.251 e. The molecule has 104 valence electrons. The van der Waals surface area contributed by atoms with Gasteiger partial charge < -0.3 is 15.8 Å². The van der Waals surface area contributed by atoms with Gasteiger partial charge in [0.15, 0.2) is 11.6 Å². The molecule has 1 saturated carbocycles. The number of nitrogens with two attached hydrogens (primary N) is 1. The summed E-state index contributed by atoms with van der Waals surface area (Å²) < 4.78 is 18.2. The van der Waals surface area contributed by atoms with Gasteiger partial charge in [-0.25, -0.2) is 4.39 Å². The van der Waals surface area contributed by atoms with Crippen molar-refractivity contribution in [2.45, 2.75) is 31.2 Å². The molecule has 0 aromatic heterocycles. The van der Waals surface area contributed by atoms with E-state index in [2.05, 4.69) is 5.32 Å². The number of carbonyl (C=O) groups is 1. The summed E-state index contributed by atoms with van der Waals surface area (Å²) in [5.41, 5.74) is 5.86. The third kappa shape index (κ3) is 2.87. The van der Waals surface area contributed by atoms with Crippen molar-refractivity contribution in [3.63, 3.8) is 0 Å². The fraction of sp³-hybridized carbons (Fsp3) is 0.500. The third-order valence-corrected chi connectivity index (χ3v) is 3.74. The maximum Gasteiger partial charge on any atom is 0.251 e. The lowest BCUT2D eigenvalue weighted by Gasteiger charge is -2.28. The molecule has 19 heavy (non-hydrogen) atoms. The molecule has 0 radical (unpaired) electrons. The molecule has 2 rings (SSSR count). The summed E-state index contributed by atoms with van der Waals surface area (Å²) in [5, 5.41) is 2.99. The first-order chi connectivity index (χ1) is 9.10. The number of amides is 1. The molecular weight excluding hydrogens is 247 g/mol. The summed E-state index contributed by atoms with van der Waals surface area (Å²) in [5.74, 6) is -0.639. The van der Waals surface area contributed by atoms with Crippen molar-refractivity contribution < 1.29 is 13.9 Å². The van der Waals surface area contributed by atoms with E-state index in [0.717, 1.165) is 25.7 Å². The van der Waals surface area contributed by atoms with Crippen LogP contribution >= 0.6 is 0 Å². The zero-order valence-corrected chi connectivity index (χ0v) is 11.0. The van der Waals surface area contributed by atoms with Gasteiger partial charge in [0.05, 0.1) is 12.6 Å². The average molecular weight is 266 g/mol. The van der Waals surface area contributed by atoms with E-state index in [9.17, 15) is 9.18 Å². The maximum atomic E-state index is 13.3. The minimum absolute atomic E-state index is 0.0703. The highest BCUT2D eigenvalue weighted by molar-refractivity contribution is 5.95. The van der Waals surface area contributed by atoms with Gasteiger partial charge in [-0.3, -0.25) is 4.79 Å². The van der Waals surface area contributed by atoms with Gasteiger partial charge in [0.2, 0.25) is 0 Å². The molecule has 0 aliphatic heterocycles. The van der Waals surface area contributed by atoms with Gasteiger partial charge in [0.25, 0.3) is 5.91 Å². The standard InChI is InChI=1S/C14H19FN2O2/c1-19-12-8-10(4-5-11(12)15)13(18)17-14(9-16)6-2-3-7-14/h4-5,8H,2-3,6-7,9,16H2,1H3,(H,17,18). The predicted molar refractivity (Wildman–Crippen MR) is 70.7 cm³/mol. The highest BCUT2D eigenvalue weighted by Crippen LogP contribution is 2.29. The molecule has 1 aromatic rings. The van der Waals surface area contributed by atoms with Crippen molar-refractivity contribution in [2.24, 2.45) is 5.73 Å². The van der Waals surface area contributed by atoms with Crippen molar-refractivity contribution in [3.8, 4) is 5.75 Å². The molecule has 0 atom stereocenters. The molecule has 5 heteroatoms. The van der Waals surface area contributed by atoms with Crippen molar-refractivity contribution >= 4 is 5.91 Å². The van der Waals surface area contributed by atoms with Crippen LogP contribution in [0.15, 0.2) is 18.2 Å². The Bertz CT molecular complexity index is 471. The molecule has 1 aliphatic carbocycles. The minimum atomic E-state index is -0.478. The summed E-state index contributed by atoms with van der Waals surface area (Å²) in [6.45, 7) is 0.428.